The highest BCUT2D eigenvalue weighted by molar-refractivity contribution is 7.98. The highest BCUT2D eigenvalue weighted by Gasteiger charge is 2.17. The number of aryl methyl sites for hydroxylation is 1. The van der Waals surface area contributed by atoms with Crippen molar-refractivity contribution in [3.8, 4) is 22.6 Å². The van der Waals surface area contributed by atoms with E-state index in [-0.39, 0.29) is 5.56 Å². The molecule has 172 valence electrons. The van der Waals surface area contributed by atoms with Gasteiger partial charge in [-0.25, -0.2) is 14.6 Å². The van der Waals surface area contributed by atoms with Gasteiger partial charge in [0.2, 0.25) is 5.16 Å². The van der Waals surface area contributed by atoms with Crippen molar-refractivity contribution in [2.45, 2.75) is 17.8 Å². The van der Waals surface area contributed by atoms with Crippen LogP contribution in [0.2, 0.25) is 0 Å². The van der Waals surface area contributed by atoms with Gasteiger partial charge in [-0.2, -0.15) is 0 Å². The fourth-order valence-electron chi connectivity index (χ4n) is 3.89. The molecule has 0 aliphatic rings. The summed E-state index contributed by atoms with van der Waals surface area (Å²) in [6, 6.07) is 19.7. The summed E-state index contributed by atoms with van der Waals surface area (Å²) in [4.78, 5) is 22.4. The molecule has 0 aliphatic heterocycles. The highest BCUT2D eigenvalue weighted by Crippen LogP contribution is 2.32. The topological polar surface area (TPSA) is 104 Å². The first-order valence-electron chi connectivity index (χ1n) is 10.8. The molecular formula is C25H19N7OS2. The maximum atomic E-state index is 12.3. The number of nitrogen functional groups attached to an aromatic ring is 1. The monoisotopic (exact) mass is 497 g/mol. The molecule has 8 nitrogen and oxygen atoms in total. The maximum Gasteiger partial charge on any atom is 0.258 e. The molecule has 0 aliphatic carbocycles. The molecule has 0 bridgehead atoms. The summed E-state index contributed by atoms with van der Waals surface area (Å²) >= 11 is 2.81. The Kier molecular flexibility index (Phi) is 5.31. The van der Waals surface area contributed by atoms with Crippen LogP contribution in [-0.4, -0.2) is 29.2 Å². The number of hydrogen-bond acceptors (Lipinski definition) is 8. The number of pyridine rings is 1. The smallest absolute Gasteiger partial charge is 0.258 e. The summed E-state index contributed by atoms with van der Waals surface area (Å²) in [6.07, 6.45) is 1.72. The number of para-hydroxylation sites is 1. The Morgan fingerprint density at radius 2 is 1.86 bits per heavy atom. The van der Waals surface area contributed by atoms with Gasteiger partial charge in [0.15, 0.2) is 10.8 Å². The SMILES string of the molecule is Cc1ccc(-c2cc(-c3nnc(SCc4cc(=O)n5ccsc5n4)n3N)c3ccccc3n2)cc1. The van der Waals surface area contributed by atoms with Crippen LogP contribution in [0.15, 0.2) is 82.2 Å². The number of fused-ring (bicyclic) bond motifs is 2. The number of thioether (sulfide) groups is 1. The highest BCUT2D eigenvalue weighted by atomic mass is 32.2. The van der Waals surface area contributed by atoms with E-state index >= 15 is 0 Å². The molecule has 0 amide bonds. The summed E-state index contributed by atoms with van der Waals surface area (Å²) in [5, 5.41) is 12.1. The molecule has 0 unspecified atom stereocenters. The maximum absolute atomic E-state index is 12.3. The lowest BCUT2D eigenvalue weighted by molar-refractivity contribution is 0.849. The third-order valence-electron chi connectivity index (χ3n) is 5.67. The molecule has 6 aromatic rings. The van der Waals surface area contributed by atoms with Gasteiger partial charge < -0.3 is 5.84 Å². The molecule has 0 fully saturated rings. The summed E-state index contributed by atoms with van der Waals surface area (Å²) in [5.74, 6) is 7.46. The fourth-order valence-corrected chi connectivity index (χ4v) is 5.38. The van der Waals surface area contributed by atoms with Crippen molar-refractivity contribution in [2.24, 2.45) is 0 Å². The number of rotatable bonds is 5. The molecule has 0 atom stereocenters. The van der Waals surface area contributed by atoms with Gasteiger partial charge >= 0.3 is 0 Å². The van der Waals surface area contributed by atoms with E-state index in [4.69, 9.17) is 10.8 Å². The van der Waals surface area contributed by atoms with E-state index in [1.54, 1.807) is 6.20 Å². The number of benzene rings is 2. The Balaban J connectivity index is 1.37. The van der Waals surface area contributed by atoms with E-state index in [9.17, 15) is 4.79 Å². The first kappa shape index (κ1) is 21.5. The largest absolute Gasteiger partial charge is 0.335 e. The summed E-state index contributed by atoms with van der Waals surface area (Å²) in [6.45, 7) is 2.06. The second kappa shape index (κ2) is 8.64. The van der Waals surface area contributed by atoms with Crippen LogP contribution in [0.4, 0.5) is 0 Å². The van der Waals surface area contributed by atoms with E-state index in [1.807, 2.05) is 35.7 Å². The van der Waals surface area contributed by atoms with Gasteiger partial charge in [-0.05, 0) is 19.1 Å². The Morgan fingerprint density at radius 1 is 1.03 bits per heavy atom. The predicted octanol–water partition coefficient (Wildman–Crippen LogP) is 4.54. The molecule has 0 saturated heterocycles. The molecule has 10 heteroatoms. The second-order valence-electron chi connectivity index (χ2n) is 8.04. The first-order chi connectivity index (χ1) is 17.1. The molecule has 2 aromatic carbocycles. The van der Waals surface area contributed by atoms with Crippen LogP contribution in [-0.2, 0) is 5.75 Å². The van der Waals surface area contributed by atoms with Gasteiger partial charge in [0.05, 0.1) is 16.9 Å². The normalized spacial score (nSPS) is 11.5. The zero-order chi connectivity index (χ0) is 23.9. The summed E-state index contributed by atoms with van der Waals surface area (Å²) < 4.78 is 3.02. The number of nitrogens with two attached hydrogens (primary N) is 1. The molecule has 0 saturated carbocycles. The van der Waals surface area contributed by atoms with Crippen LogP contribution in [0.3, 0.4) is 0 Å². The van der Waals surface area contributed by atoms with Crippen molar-refractivity contribution in [3.63, 3.8) is 0 Å². The number of aromatic nitrogens is 6. The van der Waals surface area contributed by atoms with E-state index in [0.717, 1.165) is 27.7 Å². The second-order valence-corrected chi connectivity index (χ2v) is 9.86. The Bertz CT molecular complexity index is 1750. The molecular weight excluding hydrogens is 478 g/mol. The van der Waals surface area contributed by atoms with Gasteiger partial charge in [0, 0.05) is 39.9 Å². The van der Waals surface area contributed by atoms with Crippen LogP contribution in [0, 0.1) is 6.92 Å². The van der Waals surface area contributed by atoms with Crippen LogP contribution in [0.5, 0.6) is 0 Å². The van der Waals surface area contributed by atoms with E-state index in [0.29, 0.717) is 27.4 Å². The minimum atomic E-state index is -0.103. The lowest BCUT2D eigenvalue weighted by Gasteiger charge is -2.10. The molecule has 6 rings (SSSR count). The van der Waals surface area contributed by atoms with Crippen molar-refractivity contribution in [3.05, 3.63) is 93.9 Å². The molecule has 4 aromatic heterocycles. The Hall–Kier alpha value is -4.02. The molecule has 35 heavy (non-hydrogen) atoms. The van der Waals surface area contributed by atoms with Crippen molar-refractivity contribution < 1.29 is 0 Å². The average Bonchev–Trinajstić information content (AvgIpc) is 3.49. The Morgan fingerprint density at radius 3 is 2.71 bits per heavy atom. The van der Waals surface area contributed by atoms with Crippen LogP contribution >= 0.6 is 23.1 Å². The number of hydrogen-bond donors (Lipinski definition) is 1. The van der Waals surface area contributed by atoms with Crippen LogP contribution in [0.25, 0.3) is 38.5 Å². The molecule has 0 spiro atoms. The molecule has 0 radical (unpaired) electrons. The fraction of sp³-hybridized carbons (Fsp3) is 0.0800. The standard InChI is InChI=1S/C25H19N7OS2/c1-15-6-8-16(9-7-15)21-13-19(18-4-2-3-5-20(18)28-21)23-29-30-25(32(23)26)35-14-17-12-22(33)31-10-11-34-24(31)27-17/h2-13H,14,26H2,1H3. The van der Waals surface area contributed by atoms with Gasteiger partial charge in [-0.3, -0.25) is 9.20 Å². The predicted molar refractivity (Wildman–Crippen MR) is 140 cm³/mol. The zero-order valence-electron chi connectivity index (χ0n) is 18.6. The van der Waals surface area contributed by atoms with Gasteiger partial charge in [-0.1, -0.05) is 59.8 Å². The zero-order valence-corrected chi connectivity index (χ0v) is 20.3. The van der Waals surface area contributed by atoms with Crippen LogP contribution < -0.4 is 11.4 Å². The quantitative estimate of drug-likeness (QED) is 0.275. The lowest BCUT2D eigenvalue weighted by Crippen LogP contribution is -2.13. The number of nitrogens with zero attached hydrogens (tertiary/aromatic N) is 6. The van der Waals surface area contributed by atoms with Crippen molar-refractivity contribution >= 4 is 39.0 Å². The van der Waals surface area contributed by atoms with E-state index in [2.05, 4.69) is 46.4 Å². The average molecular weight is 498 g/mol. The summed E-state index contributed by atoms with van der Waals surface area (Å²) in [7, 11) is 0. The lowest BCUT2D eigenvalue weighted by atomic mass is 10.0. The van der Waals surface area contributed by atoms with Gasteiger partial charge in [0.1, 0.15) is 0 Å². The van der Waals surface area contributed by atoms with Crippen molar-refractivity contribution in [1.29, 1.82) is 0 Å². The van der Waals surface area contributed by atoms with Crippen molar-refractivity contribution in [2.75, 3.05) is 5.84 Å². The van der Waals surface area contributed by atoms with E-state index in [1.165, 1.54) is 43.8 Å². The minimum absolute atomic E-state index is 0.103. The van der Waals surface area contributed by atoms with Crippen LogP contribution in [0.1, 0.15) is 11.3 Å². The van der Waals surface area contributed by atoms with E-state index < -0.39 is 0 Å². The Labute approximate surface area is 208 Å². The summed E-state index contributed by atoms with van der Waals surface area (Å²) in [5.41, 5.74) is 5.31. The molecule has 4 heterocycles. The molecule has 2 N–H and O–H groups in total. The minimum Gasteiger partial charge on any atom is -0.335 e. The third-order valence-corrected chi connectivity index (χ3v) is 7.41. The number of thiazole rings is 1. The van der Waals surface area contributed by atoms with Gasteiger partial charge in [-0.15, -0.1) is 21.5 Å². The van der Waals surface area contributed by atoms with Gasteiger partial charge in [0.25, 0.3) is 5.56 Å². The first-order valence-corrected chi connectivity index (χ1v) is 12.7. The third kappa shape index (κ3) is 3.96. The van der Waals surface area contributed by atoms with Crippen molar-refractivity contribution in [1.82, 2.24) is 29.2 Å².